The second-order valence-corrected chi connectivity index (χ2v) is 7.77. The first-order valence-corrected chi connectivity index (χ1v) is 9.02. The van der Waals surface area contributed by atoms with Crippen LogP contribution in [0.4, 0.5) is 0 Å². The molecule has 1 aliphatic rings. The van der Waals surface area contributed by atoms with E-state index in [1.807, 2.05) is 20.8 Å². The van der Waals surface area contributed by atoms with Crippen LogP contribution in [0.1, 0.15) is 55.7 Å². The van der Waals surface area contributed by atoms with Crippen LogP contribution < -0.4 is 5.32 Å². The van der Waals surface area contributed by atoms with Crippen molar-refractivity contribution in [3.05, 3.63) is 41.2 Å². The first-order chi connectivity index (χ1) is 11.9. The molecule has 2 aromatic rings. The van der Waals surface area contributed by atoms with Gasteiger partial charge in [-0.3, -0.25) is 14.6 Å². The SMILES string of the molecule is CC(C)(C)NC(=O)[C@H](c1ccncc1)N(C(=O)c1csnn1)C1CC1. The summed E-state index contributed by atoms with van der Waals surface area (Å²) < 4.78 is 3.78. The van der Waals surface area contributed by atoms with Gasteiger partial charge in [-0.05, 0) is 62.8 Å². The van der Waals surface area contributed by atoms with Crippen LogP contribution in [-0.2, 0) is 4.79 Å². The molecule has 132 valence electrons. The molecule has 0 saturated heterocycles. The van der Waals surface area contributed by atoms with E-state index in [2.05, 4.69) is 19.9 Å². The number of aromatic nitrogens is 3. The van der Waals surface area contributed by atoms with Crippen LogP contribution in [0.2, 0.25) is 0 Å². The zero-order chi connectivity index (χ0) is 18.0. The zero-order valence-electron chi connectivity index (χ0n) is 14.5. The van der Waals surface area contributed by atoms with E-state index >= 15 is 0 Å². The first kappa shape index (κ1) is 17.5. The molecule has 0 spiro atoms. The summed E-state index contributed by atoms with van der Waals surface area (Å²) in [5, 5.41) is 8.50. The third-order valence-corrected chi connectivity index (χ3v) is 4.31. The van der Waals surface area contributed by atoms with Crippen LogP contribution in [0.3, 0.4) is 0 Å². The molecule has 0 aromatic carbocycles. The number of hydrogen-bond donors (Lipinski definition) is 1. The largest absolute Gasteiger partial charge is 0.349 e. The lowest BCUT2D eigenvalue weighted by atomic mass is 10.0. The van der Waals surface area contributed by atoms with E-state index in [4.69, 9.17) is 0 Å². The van der Waals surface area contributed by atoms with E-state index in [1.165, 1.54) is 0 Å². The van der Waals surface area contributed by atoms with Gasteiger partial charge in [0.25, 0.3) is 5.91 Å². The second kappa shape index (κ2) is 6.87. The first-order valence-electron chi connectivity index (χ1n) is 8.18. The minimum absolute atomic E-state index is 0.0399. The molecule has 1 N–H and O–H groups in total. The number of amides is 2. The zero-order valence-corrected chi connectivity index (χ0v) is 15.3. The lowest BCUT2D eigenvalue weighted by molar-refractivity contribution is -0.127. The number of nitrogens with one attached hydrogen (secondary N) is 1. The van der Waals surface area contributed by atoms with E-state index in [0.717, 1.165) is 29.9 Å². The van der Waals surface area contributed by atoms with Crippen molar-refractivity contribution in [3.8, 4) is 0 Å². The maximum absolute atomic E-state index is 13.0. The Morgan fingerprint density at radius 2 is 1.96 bits per heavy atom. The summed E-state index contributed by atoms with van der Waals surface area (Å²) in [4.78, 5) is 31.7. The number of carbonyl (C=O) groups excluding carboxylic acids is 2. The molecule has 7 nitrogen and oxygen atoms in total. The van der Waals surface area contributed by atoms with Crippen LogP contribution in [0.15, 0.2) is 29.9 Å². The van der Waals surface area contributed by atoms with Crippen molar-refractivity contribution in [2.75, 3.05) is 0 Å². The van der Waals surface area contributed by atoms with Gasteiger partial charge < -0.3 is 10.2 Å². The maximum atomic E-state index is 13.0. The van der Waals surface area contributed by atoms with Crippen molar-refractivity contribution in [3.63, 3.8) is 0 Å². The minimum Gasteiger partial charge on any atom is -0.349 e. The molecule has 2 amide bonds. The topological polar surface area (TPSA) is 88.1 Å². The molecule has 0 radical (unpaired) electrons. The highest BCUT2D eigenvalue weighted by Crippen LogP contribution is 2.36. The van der Waals surface area contributed by atoms with Gasteiger partial charge >= 0.3 is 0 Å². The minimum atomic E-state index is -0.719. The maximum Gasteiger partial charge on any atom is 0.276 e. The van der Waals surface area contributed by atoms with Crippen molar-refractivity contribution in [2.24, 2.45) is 0 Å². The summed E-state index contributed by atoms with van der Waals surface area (Å²) in [6.45, 7) is 5.76. The standard InChI is InChI=1S/C17H21N5O2S/c1-17(2,3)19-15(23)14(11-6-8-18-9-7-11)22(12-4-5-12)16(24)13-10-25-21-20-13/h6-10,12,14H,4-5H2,1-3H3,(H,19,23)/t14-/m0/s1. The molecule has 25 heavy (non-hydrogen) atoms. The van der Waals surface area contributed by atoms with Gasteiger partial charge in [-0.25, -0.2) is 0 Å². The fraction of sp³-hybridized carbons (Fsp3) is 0.471. The molecule has 3 rings (SSSR count). The number of rotatable bonds is 5. The van der Waals surface area contributed by atoms with Gasteiger partial charge in [-0.1, -0.05) is 4.49 Å². The third kappa shape index (κ3) is 4.19. The van der Waals surface area contributed by atoms with Gasteiger partial charge in [0.05, 0.1) is 0 Å². The Balaban J connectivity index is 1.99. The van der Waals surface area contributed by atoms with Gasteiger partial charge in [0, 0.05) is 29.4 Å². The average Bonchev–Trinajstić information content (AvgIpc) is 3.23. The highest BCUT2D eigenvalue weighted by atomic mass is 32.1. The van der Waals surface area contributed by atoms with E-state index in [1.54, 1.807) is 34.8 Å². The molecular weight excluding hydrogens is 338 g/mol. The Morgan fingerprint density at radius 1 is 1.28 bits per heavy atom. The Kier molecular flexibility index (Phi) is 4.80. The van der Waals surface area contributed by atoms with E-state index in [0.29, 0.717) is 0 Å². The van der Waals surface area contributed by atoms with Gasteiger partial charge in [-0.15, -0.1) is 5.10 Å². The molecule has 2 aromatic heterocycles. The van der Waals surface area contributed by atoms with Crippen molar-refractivity contribution in [2.45, 2.75) is 51.2 Å². The van der Waals surface area contributed by atoms with Crippen LogP contribution in [0.25, 0.3) is 0 Å². The monoisotopic (exact) mass is 359 g/mol. The fourth-order valence-corrected chi connectivity index (χ4v) is 3.09. The van der Waals surface area contributed by atoms with Crippen molar-refractivity contribution in [1.29, 1.82) is 0 Å². The van der Waals surface area contributed by atoms with Gasteiger partial charge in [0.2, 0.25) is 5.91 Å². The number of pyridine rings is 1. The number of hydrogen-bond acceptors (Lipinski definition) is 6. The van der Waals surface area contributed by atoms with Crippen molar-refractivity contribution < 1.29 is 9.59 Å². The number of carbonyl (C=O) groups is 2. The molecule has 0 unspecified atom stereocenters. The Morgan fingerprint density at radius 3 is 2.48 bits per heavy atom. The Labute approximate surface area is 150 Å². The molecule has 1 saturated carbocycles. The van der Waals surface area contributed by atoms with Crippen LogP contribution >= 0.6 is 11.5 Å². The summed E-state index contributed by atoms with van der Waals surface area (Å²) in [6, 6.07) is 2.87. The summed E-state index contributed by atoms with van der Waals surface area (Å²) in [6.07, 6.45) is 5.03. The van der Waals surface area contributed by atoms with E-state index in [-0.39, 0.29) is 23.6 Å². The average molecular weight is 359 g/mol. The molecule has 1 fully saturated rings. The van der Waals surface area contributed by atoms with Crippen molar-refractivity contribution in [1.82, 2.24) is 24.8 Å². The van der Waals surface area contributed by atoms with Crippen LogP contribution in [0.5, 0.6) is 0 Å². The quantitative estimate of drug-likeness (QED) is 0.884. The lowest BCUT2D eigenvalue weighted by Crippen LogP contribution is -2.50. The Hall–Kier alpha value is -2.35. The Bertz CT molecular complexity index is 738. The fourth-order valence-electron chi connectivity index (χ4n) is 2.66. The predicted molar refractivity (Wildman–Crippen MR) is 94.0 cm³/mol. The summed E-state index contributed by atoms with van der Waals surface area (Å²) in [5.41, 5.74) is 0.614. The highest BCUT2D eigenvalue weighted by molar-refractivity contribution is 7.03. The summed E-state index contributed by atoms with van der Waals surface area (Å²) in [7, 11) is 0. The van der Waals surface area contributed by atoms with Crippen LogP contribution in [-0.4, -0.2) is 42.9 Å². The smallest absolute Gasteiger partial charge is 0.276 e. The predicted octanol–water partition coefficient (Wildman–Crippen LogP) is 2.19. The van der Waals surface area contributed by atoms with E-state index < -0.39 is 11.6 Å². The molecule has 8 heteroatoms. The molecule has 0 aliphatic heterocycles. The molecule has 2 heterocycles. The summed E-state index contributed by atoms with van der Waals surface area (Å²) in [5.74, 6) is -0.468. The normalized spacial score (nSPS) is 15.5. The van der Waals surface area contributed by atoms with Crippen molar-refractivity contribution >= 4 is 23.3 Å². The molecule has 1 atom stereocenters. The molecule has 1 aliphatic carbocycles. The van der Waals surface area contributed by atoms with Gasteiger partial charge in [0.15, 0.2) is 5.69 Å². The second-order valence-electron chi connectivity index (χ2n) is 7.16. The lowest BCUT2D eigenvalue weighted by Gasteiger charge is -2.33. The molecule has 0 bridgehead atoms. The highest BCUT2D eigenvalue weighted by Gasteiger charge is 2.42. The third-order valence-electron chi connectivity index (χ3n) is 3.80. The van der Waals surface area contributed by atoms with Gasteiger partial charge in [-0.2, -0.15) is 0 Å². The molecular formula is C17H21N5O2S. The summed E-state index contributed by atoms with van der Waals surface area (Å²) >= 11 is 1.12. The van der Waals surface area contributed by atoms with Crippen LogP contribution in [0, 0.1) is 0 Å². The number of nitrogens with zero attached hydrogens (tertiary/aromatic N) is 4. The van der Waals surface area contributed by atoms with Gasteiger partial charge in [0.1, 0.15) is 6.04 Å². The van der Waals surface area contributed by atoms with E-state index in [9.17, 15) is 9.59 Å².